The first-order valence-corrected chi connectivity index (χ1v) is 10.9. The van der Waals surface area contributed by atoms with Crippen LogP contribution >= 0.6 is 11.3 Å². The van der Waals surface area contributed by atoms with Gasteiger partial charge in [-0.1, -0.05) is 6.07 Å². The molecule has 158 valence electrons. The number of aryl methyl sites for hydroxylation is 1. The molecule has 30 heavy (non-hydrogen) atoms. The summed E-state index contributed by atoms with van der Waals surface area (Å²) in [5.74, 6) is 1.35. The third-order valence-electron chi connectivity index (χ3n) is 5.05. The van der Waals surface area contributed by atoms with E-state index in [9.17, 15) is 4.79 Å². The Bertz CT molecular complexity index is 1070. The van der Waals surface area contributed by atoms with Gasteiger partial charge < -0.3 is 14.0 Å². The number of carbonyl (C=O) groups excluding carboxylic acids is 1. The second-order valence-electron chi connectivity index (χ2n) is 7.83. The van der Waals surface area contributed by atoms with Crippen LogP contribution in [0.3, 0.4) is 0 Å². The van der Waals surface area contributed by atoms with Gasteiger partial charge in [-0.15, -0.1) is 11.3 Å². The Morgan fingerprint density at radius 1 is 1.20 bits per heavy atom. The Hall–Kier alpha value is -2.77. The van der Waals surface area contributed by atoms with Crippen molar-refractivity contribution in [2.75, 3.05) is 21.2 Å². The summed E-state index contributed by atoms with van der Waals surface area (Å²) in [7, 11) is 5.30. The number of hydrogen-bond donors (Lipinski definition) is 1. The van der Waals surface area contributed by atoms with Gasteiger partial charge in [0.05, 0.1) is 18.9 Å². The molecular weight excluding hydrogens is 398 g/mol. The van der Waals surface area contributed by atoms with Gasteiger partial charge in [0.1, 0.15) is 5.69 Å². The molecule has 0 radical (unpaired) electrons. The van der Waals surface area contributed by atoms with Crippen LogP contribution in [0.2, 0.25) is 0 Å². The number of ether oxygens (including phenoxy) is 2. The van der Waals surface area contributed by atoms with Crippen LogP contribution in [-0.4, -0.2) is 42.8 Å². The molecule has 2 aromatic heterocycles. The number of methoxy groups -OCH3 is 1. The fourth-order valence-electron chi connectivity index (χ4n) is 3.91. The van der Waals surface area contributed by atoms with Gasteiger partial charge in [-0.3, -0.25) is 10.2 Å². The minimum atomic E-state index is -0.111. The van der Waals surface area contributed by atoms with Crippen LogP contribution in [0.25, 0.3) is 21.7 Å². The van der Waals surface area contributed by atoms with Gasteiger partial charge in [-0.2, -0.15) is 0 Å². The average Bonchev–Trinajstić information content (AvgIpc) is 3.34. The topological polar surface area (TPSA) is 55.7 Å². The molecule has 0 bridgehead atoms. The van der Waals surface area contributed by atoms with Gasteiger partial charge in [0.25, 0.3) is 5.91 Å². The molecule has 0 spiro atoms. The quantitative estimate of drug-likeness (QED) is 0.593. The monoisotopic (exact) mass is 425 g/mol. The van der Waals surface area contributed by atoms with E-state index in [1.165, 1.54) is 5.56 Å². The van der Waals surface area contributed by atoms with E-state index in [2.05, 4.69) is 33.6 Å². The van der Waals surface area contributed by atoms with Crippen molar-refractivity contribution in [3.8, 4) is 33.2 Å². The number of hydrogen-bond acceptors (Lipinski definition) is 5. The van der Waals surface area contributed by atoms with Crippen LogP contribution in [0.5, 0.6) is 11.5 Å². The summed E-state index contributed by atoms with van der Waals surface area (Å²) >= 11 is 1.67. The first-order chi connectivity index (χ1) is 14.4. The largest absolute Gasteiger partial charge is 0.493 e. The van der Waals surface area contributed by atoms with Crippen molar-refractivity contribution in [1.82, 2.24) is 15.0 Å². The third kappa shape index (κ3) is 3.70. The molecule has 3 aromatic rings. The van der Waals surface area contributed by atoms with E-state index in [1.807, 2.05) is 40.1 Å². The maximum absolute atomic E-state index is 12.9. The number of hydrazine groups is 1. The van der Waals surface area contributed by atoms with Gasteiger partial charge in [0.2, 0.25) is 0 Å². The fraction of sp³-hybridized carbons (Fsp3) is 0.348. The lowest BCUT2D eigenvalue weighted by Crippen LogP contribution is -2.37. The molecular formula is C23H27N3O3S. The summed E-state index contributed by atoms with van der Waals surface area (Å²) in [6.45, 7) is 4.74. The summed E-state index contributed by atoms with van der Waals surface area (Å²) < 4.78 is 13.8. The zero-order valence-corrected chi connectivity index (χ0v) is 18.8. The van der Waals surface area contributed by atoms with Crippen LogP contribution < -0.4 is 14.9 Å². The highest BCUT2D eigenvalue weighted by Gasteiger charge is 2.28. The molecule has 6 nitrogen and oxygen atoms in total. The van der Waals surface area contributed by atoms with Gasteiger partial charge in [-0.25, -0.2) is 5.01 Å². The molecule has 0 saturated heterocycles. The van der Waals surface area contributed by atoms with E-state index in [0.29, 0.717) is 5.69 Å². The van der Waals surface area contributed by atoms with E-state index in [-0.39, 0.29) is 12.0 Å². The molecule has 1 aromatic carbocycles. The number of amides is 1. The molecule has 0 aliphatic carbocycles. The Labute approximate surface area is 181 Å². The van der Waals surface area contributed by atoms with Crippen molar-refractivity contribution in [3.05, 3.63) is 47.0 Å². The standard InChI is InChI=1S/C23H27N3O3S/c1-14(2)29-20-13-16-15(11-19(20)28-5)8-9-26-18(23(27)24-25(3)4)12-17(22(16)26)21-7-6-10-30-21/h6-7,10-14H,8-9H2,1-5H3,(H,24,27). The van der Waals surface area contributed by atoms with Gasteiger partial charge in [0, 0.05) is 36.6 Å². The molecule has 0 unspecified atom stereocenters. The highest BCUT2D eigenvalue weighted by molar-refractivity contribution is 7.13. The molecule has 7 heteroatoms. The lowest BCUT2D eigenvalue weighted by Gasteiger charge is -2.25. The fourth-order valence-corrected chi connectivity index (χ4v) is 4.65. The summed E-state index contributed by atoms with van der Waals surface area (Å²) in [6, 6.07) is 10.3. The number of thiophene rings is 1. The third-order valence-corrected chi connectivity index (χ3v) is 5.96. The SMILES string of the molecule is COc1cc2c(cc1OC(C)C)-c1c(-c3cccs3)cc(C(=O)NN(C)C)n1CC2. The maximum Gasteiger partial charge on any atom is 0.282 e. The van der Waals surface area contributed by atoms with Crippen LogP contribution in [0.15, 0.2) is 35.7 Å². The normalized spacial score (nSPS) is 12.6. The number of carbonyl (C=O) groups is 1. The summed E-state index contributed by atoms with van der Waals surface area (Å²) in [5.41, 5.74) is 7.95. The Morgan fingerprint density at radius 2 is 2.00 bits per heavy atom. The Kier molecular flexibility index (Phi) is 5.58. The summed E-state index contributed by atoms with van der Waals surface area (Å²) in [6.07, 6.45) is 0.854. The molecule has 0 fully saturated rings. The highest BCUT2D eigenvalue weighted by Crippen LogP contribution is 2.45. The van der Waals surface area contributed by atoms with Crippen LogP contribution in [0.1, 0.15) is 29.9 Å². The first-order valence-electron chi connectivity index (χ1n) is 10.0. The van der Waals surface area contributed by atoms with E-state index >= 15 is 0 Å². The van der Waals surface area contributed by atoms with Crippen molar-refractivity contribution in [3.63, 3.8) is 0 Å². The van der Waals surface area contributed by atoms with Crippen molar-refractivity contribution < 1.29 is 14.3 Å². The molecule has 1 aliphatic rings. The Balaban J connectivity index is 1.93. The van der Waals surface area contributed by atoms with E-state index in [1.54, 1.807) is 23.5 Å². The van der Waals surface area contributed by atoms with Gasteiger partial charge >= 0.3 is 0 Å². The number of nitrogens with zero attached hydrogens (tertiary/aromatic N) is 2. The number of aromatic nitrogens is 1. The number of benzene rings is 1. The Morgan fingerprint density at radius 3 is 2.63 bits per heavy atom. The molecule has 1 aliphatic heterocycles. The van der Waals surface area contributed by atoms with Crippen molar-refractivity contribution in [2.24, 2.45) is 0 Å². The smallest absolute Gasteiger partial charge is 0.282 e. The van der Waals surface area contributed by atoms with E-state index < -0.39 is 0 Å². The van der Waals surface area contributed by atoms with Crippen LogP contribution in [0.4, 0.5) is 0 Å². The minimum absolute atomic E-state index is 0.0329. The van der Waals surface area contributed by atoms with Crippen LogP contribution in [0, 0.1) is 0 Å². The van der Waals surface area contributed by atoms with Gasteiger partial charge in [-0.05, 0) is 55.5 Å². The molecule has 1 amide bonds. The minimum Gasteiger partial charge on any atom is -0.493 e. The summed E-state index contributed by atoms with van der Waals surface area (Å²) in [4.78, 5) is 14.1. The maximum atomic E-state index is 12.9. The van der Waals surface area contributed by atoms with Gasteiger partial charge in [0.15, 0.2) is 11.5 Å². The predicted molar refractivity (Wildman–Crippen MR) is 120 cm³/mol. The van der Waals surface area contributed by atoms with Crippen molar-refractivity contribution in [2.45, 2.75) is 32.9 Å². The first kappa shape index (κ1) is 20.5. The number of fused-ring (bicyclic) bond motifs is 3. The van der Waals surface area contributed by atoms with Crippen molar-refractivity contribution >= 4 is 17.2 Å². The molecule has 3 heterocycles. The number of rotatable bonds is 6. The highest BCUT2D eigenvalue weighted by atomic mass is 32.1. The second kappa shape index (κ2) is 8.16. The summed E-state index contributed by atoms with van der Waals surface area (Å²) in [5, 5.41) is 3.73. The van der Waals surface area contributed by atoms with Crippen LogP contribution in [-0.2, 0) is 13.0 Å². The lowest BCUT2D eigenvalue weighted by atomic mass is 9.95. The van der Waals surface area contributed by atoms with E-state index in [0.717, 1.165) is 46.2 Å². The zero-order chi connectivity index (χ0) is 21.4. The number of nitrogens with one attached hydrogen (secondary N) is 1. The molecule has 0 atom stereocenters. The predicted octanol–water partition coefficient (Wildman–Crippen LogP) is 4.44. The zero-order valence-electron chi connectivity index (χ0n) is 18.0. The second-order valence-corrected chi connectivity index (χ2v) is 8.78. The molecule has 4 rings (SSSR count). The lowest BCUT2D eigenvalue weighted by molar-refractivity contribution is 0.0847. The van der Waals surface area contributed by atoms with Crippen molar-refractivity contribution in [1.29, 1.82) is 0 Å². The van der Waals surface area contributed by atoms with E-state index in [4.69, 9.17) is 9.47 Å². The molecule has 1 N–H and O–H groups in total. The average molecular weight is 426 g/mol. The molecule has 0 saturated carbocycles.